The highest BCUT2D eigenvalue weighted by Gasteiger charge is 2.24. The summed E-state index contributed by atoms with van der Waals surface area (Å²) in [5, 5.41) is 10.6. The number of nitrogens with zero attached hydrogens (tertiary/aromatic N) is 5. The van der Waals surface area contributed by atoms with Crippen LogP contribution in [0.1, 0.15) is 31.7 Å². The number of ether oxygens (including phenoxy) is 1. The van der Waals surface area contributed by atoms with Crippen molar-refractivity contribution in [1.29, 1.82) is 0 Å². The van der Waals surface area contributed by atoms with E-state index in [2.05, 4.69) is 10.2 Å². The Labute approximate surface area is 237 Å². The zero-order valence-electron chi connectivity index (χ0n) is 21.5. The first-order valence-electron chi connectivity index (χ1n) is 12.7. The monoisotopic (exact) mass is 575 g/mol. The summed E-state index contributed by atoms with van der Waals surface area (Å²) in [5.74, 6) is 1.64. The van der Waals surface area contributed by atoms with Gasteiger partial charge in [0.25, 0.3) is 0 Å². The number of unbranched alkanes of at least 4 members (excludes halogenated alkanes) is 1. The minimum Gasteiger partial charge on any atom is -0.450 e. The van der Waals surface area contributed by atoms with Gasteiger partial charge in [0.1, 0.15) is 0 Å². The van der Waals surface area contributed by atoms with Gasteiger partial charge in [-0.15, -0.1) is 10.2 Å². The summed E-state index contributed by atoms with van der Waals surface area (Å²) in [6.45, 7) is 6.29. The third-order valence-electron chi connectivity index (χ3n) is 6.28. The lowest BCUT2D eigenvalue weighted by Gasteiger charge is -2.34. The molecule has 0 atom stereocenters. The van der Waals surface area contributed by atoms with Crippen molar-refractivity contribution in [3.63, 3.8) is 0 Å². The maximum atomic E-state index is 12.7. The van der Waals surface area contributed by atoms with E-state index in [-0.39, 0.29) is 12.0 Å². The number of piperazine rings is 1. The Balaban J connectivity index is 1.34. The second-order valence-corrected chi connectivity index (χ2v) is 10.9. The molecular weight excluding hydrogens is 545 g/mol. The molecule has 8 nitrogen and oxygen atoms in total. The van der Waals surface area contributed by atoms with Crippen molar-refractivity contribution in [2.45, 2.75) is 38.3 Å². The van der Waals surface area contributed by atoms with Gasteiger partial charge >= 0.3 is 6.09 Å². The zero-order valence-corrected chi connectivity index (χ0v) is 23.9. The summed E-state index contributed by atoms with van der Waals surface area (Å²) < 4.78 is 7.03. The van der Waals surface area contributed by atoms with Gasteiger partial charge in [-0.1, -0.05) is 64.8 Å². The lowest BCUT2D eigenvalue weighted by atomic mass is 10.1. The lowest BCUT2D eigenvalue weighted by Crippen LogP contribution is -2.50. The van der Waals surface area contributed by atoms with Crippen LogP contribution in [0.2, 0.25) is 10.0 Å². The van der Waals surface area contributed by atoms with Crippen LogP contribution >= 0.6 is 35.0 Å². The third-order valence-corrected chi connectivity index (χ3v) is 8.03. The Morgan fingerprint density at radius 1 is 0.947 bits per heavy atom. The first-order chi connectivity index (χ1) is 18.4. The highest BCUT2D eigenvalue weighted by atomic mass is 35.5. The molecule has 0 unspecified atom stereocenters. The molecule has 0 aliphatic carbocycles. The molecule has 1 saturated heterocycles. The second kappa shape index (κ2) is 13.4. The first kappa shape index (κ1) is 28.3. The van der Waals surface area contributed by atoms with Crippen molar-refractivity contribution >= 4 is 47.0 Å². The molecule has 2 amide bonds. The summed E-state index contributed by atoms with van der Waals surface area (Å²) in [4.78, 5) is 28.0. The molecule has 1 fully saturated rings. The molecule has 1 aliphatic heterocycles. The van der Waals surface area contributed by atoms with Crippen LogP contribution < -0.4 is 0 Å². The lowest BCUT2D eigenvalue weighted by molar-refractivity contribution is -0.132. The largest absolute Gasteiger partial charge is 0.450 e. The number of hydrogen-bond acceptors (Lipinski definition) is 6. The van der Waals surface area contributed by atoms with Crippen LogP contribution in [0, 0.1) is 6.92 Å². The average Bonchev–Trinajstić information content (AvgIpc) is 3.34. The molecule has 2 aromatic carbocycles. The standard InChI is InChI=1S/C27H31Cl2N5O3S/c1-3-37-27(36)33-15-13-32(14-16-33)24(35)6-4-5-17-38-26-31-30-25(20-9-7-19(2)8-10-20)34(26)21-11-12-22(28)23(29)18-21/h7-12,18H,3-6,13-17H2,1-2H3. The fraction of sp³-hybridized carbons (Fsp3) is 0.407. The van der Waals surface area contributed by atoms with E-state index in [9.17, 15) is 9.59 Å². The number of halogens is 2. The van der Waals surface area contributed by atoms with Crippen LogP contribution in [0.3, 0.4) is 0 Å². The van der Waals surface area contributed by atoms with Gasteiger partial charge in [0.2, 0.25) is 5.91 Å². The van der Waals surface area contributed by atoms with Crippen molar-refractivity contribution in [1.82, 2.24) is 24.6 Å². The van der Waals surface area contributed by atoms with Crippen molar-refractivity contribution in [3.8, 4) is 17.1 Å². The number of carbonyl (C=O) groups is 2. The van der Waals surface area contributed by atoms with Crippen LogP contribution in [0.25, 0.3) is 17.1 Å². The molecule has 4 rings (SSSR count). The van der Waals surface area contributed by atoms with E-state index in [1.807, 2.05) is 52.8 Å². The first-order valence-corrected chi connectivity index (χ1v) is 14.4. The summed E-state index contributed by atoms with van der Waals surface area (Å²) in [7, 11) is 0. The van der Waals surface area contributed by atoms with Gasteiger partial charge in [-0.25, -0.2) is 4.79 Å². The average molecular weight is 577 g/mol. The van der Waals surface area contributed by atoms with Gasteiger partial charge in [-0.05, 0) is 44.9 Å². The van der Waals surface area contributed by atoms with Crippen LogP contribution in [0.4, 0.5) is 4.79 Å². The highest BCUT2D eigenvalue weighted by molar-refractivity contribution is 7.99. The molecule has 1 aliphatic rings. The Kier molecular flexibility index (Phi) is 9.93. The number of hydrogen-bond donors (Lipinski definition) is 0. The molecule has 1 aromatic heterocycles. The molecule has 0 N–H and O–H groups in total. The van der Waals surface area contributed by atoms with Crippen molar-refractivity contribution in [3.05, 3.63) is 58.1 Å². The topological polar surface area (TPSA) is 80.6 Å². The normalized spacial score (nSPS) is 13.6. The van der Waals surface area contributed by atoms with E-state index in [1.54, 1.807) is 29.7 Å². The Bertz CT molecular complexity index is 1260. The fourth-order valence-electron chi connectivity index (χ4n) is 4.16. The van der Waals surface area contributed by atoms with Gasteiger partial charge < -0.3 is 14.5 Å². The van der Waals surface area contributed by atoms with Gasteiger partial charge in [-0.2, -0.15) is 0 Å². The Morgan fingerprint density at radius 3 is 2.34 bits per heavy atom. The maximum Gasteiger partial charge on any atom is 0.409 e. The number of rotatable bonds is 9. The van der Waals surface area contributed by atoms with Crippen LogP contribution in [0.5, 0.6) is 0 Å². The molecule has 0 bridgehead atoms. The van der Waals surface area contributed by atoms with Gasteiger partial charge in [-0.3, -0.25) is 9.36 Å². The number of thioether (sulfide) groups is 1. The van der Waals surface area contributed by atoms with E-state index in [0.29, 0.717) is 49.3 Å². The van der Waals surface area contributed by atoms with Gasteiger partial charge in [0.05, 0.1) is 22.3 Å². The van der Waals surface area contributed by atoms with Crippen molar-refractivity contribution < 1.29 is 14.3 Å². The summed E-state index contributed by atoms with van der Waals surface area (Å²) in [6, 6.07) is 13.6. The van der Waals surface area contributed by atoms with Crippen molar-refractivity contribution in [2.24, 2.45) is 0 Å². The number of aryl methyl sites for hydroxylation is 1. The van der Waals surface area contributed by atoms with Gasteiger partial charge in [0.15, 0.2) is 11.0 Å². The SMILES string of the molecule is CCOC(=O)N1CCN(C(=O)CCCCSc2nnc(-c3ccc(C)cc3)n2-c2ccc(Cl)c(Cl)c2)CC1. The number of carbonyl (C=O) groups excluding carboxylic acids is 2. The summed E-state index contributed by atoms with van der Waals surface area (Å²) >= 11 is 14.1. The Morgan fingerprint density at radius 2 is 1.66 bits per heavy atom. The van der Waals surface area contributed by atoms with E-state index in [0.717, 1.165) is 40.8 Å². The summed E-state index contributed by atoms with van der Waals surface area (Å²) in [6.07, 6.45) is 1.80. The third kappa shape index (κ3) is 7.01. The minimum atomic E-state index is -0.309. The maximum absolute atomic E-state index is 12.7. The molecule has 0 spiro atoms. The van der Waals surface area contributed by atoms with Crippen molar-refractivity contribution in [2.75, 3.05) is 38.5 Å². The van der Waals surface area contributed by atoms with Crippen LogP contribution in [0.15, 0.2) is 47.6 Å². The molecule has 2 heterocycles. The summed E-state index contributed by atoms with van der Waals surface area (Å²) in [5.41, 5.74) is 2.95. The molecule has 38 heavy (non-hydrogen) atoms. The van der Waals surface area contributed by atoms with Crippen LogP contribution in [-0.2, 0) is 9.53 Å². The highest BCUT2D eigenvalue weighted by Crippen LogP contribution is 2.32. The predicted octanol–water partition coefficient (Wildman–Crippen LogP) is 6.11. The second-order valence-electron chi connectivity index (χ2n) is 8.98. The smallest absolute Gasteiger partial charge is 0.409 e. The number of aromatic nitrogens is 3. The Hall–Kier alpha value is -2.75. The number of benzene rings is 2. The minimum absolute atomic E-state index is 0.124. The van der Waals surface area contributed by atoms with Crippen LogP contribution in [-0.4, -0.2) is 75.1 Å². The van der Waals surface area contributed by atoms with E-state index in [4.69, 9.17) is 27.9 Å². The fourth-order valence-corrected chi connectivity index (χ4v) is 5.41. The molecular formula is C27H31Cl2N5O3S. The quantitative estimate of drug-likeness (QED) is 0.226. The zero-order chi connectivity index (χ0) is 27.1. The molecule has 0 radical (unpaired) electrons. The number of amides is 2. The van der Waals surface area contributed by atoms with Gasteiger partial charge in [0, 0.05) is 43.9 Å². The van der Waals surface area contributed by atoms with E-state index < -0.39 is 0 Å². The van der Waals surface area contributed by atoms with E-state index in [1.165, 1.54) is 5.56 Å². The molecule has 11 heteroatoms. The molecule has 202 valence electrons. The van der Waals surface area contributed by atoms with E-state index >= 15 is 0 Å². The molecule has 3 aromatic rings. The molecule has 0 saturated carbocycles. The predicted molar refractivity (Wildman–Crippen MR) is 151 cm³/mol.